The standard InChI is InChI=1S/C18H15N3O2S/c22-16-4-2-10-20-17(16)21-18(23)14-5-7-15(8-6-14)24-12-13-3-1-9-19-11-13/h1-11,22H,12H2,(H,20,21,23). The minimum absolute atomic E-state index is 0.0607. The van der Waals surface area contributed by atoms with Crippen LogP contribution in [0, 0.1) is 0 Å². The number of nitrogens with zero attached hydrogens (tertiary/aromatic N) is 2. The number of carbonyl (C=O) groups excluding carboxylic acids is 1. The Morgan fingerprint density at radius 1 is 1.08 bits per heavy atom. The van der Waals surface area contributed by atoms with Gasteiger partial charge in [0.25, 0.3) is 5.91 Å². The van der Waals surface area contributed by atoms with Crippen molar-refractivity contribution < 1.29 is 9.90 Å². The average Bonchev–Trinajstić information content (AvgIpc) is 2.63. The molecule has 0 atom stereocenters. The smallest absolute Gasteiger partial charge is 0.256 e. The second-order valence-corrected chi connectivity index (χ2v) is 6.05. The molecule has 0 unspecified atom stereocenters. The Morgan fingerprint density at radius 2 is 1.88 bits per heavy atom. The van der Waals surface area contributed by atoms with Crippen molar-refractivity contribution in [1.29, 1.82) is 0 Å². The van der Waals surface area contributed by atoms with Gasteiger partial charge >= 0.3 is 0 Å². The first kappa shape index (κ1) is 16.0. The number of carbonyl (C=O) groups is 1. The van der Waals surface area contributed by atoms with Gasteiger partial charge in [0.15, 0.2) is 11.6 Å². The molecule has 0 aliphatic rings. The number of aromatic nitrogens is 2. The Bertz CT molecular complexity index is 823. The van der Waals surface area contributed by atoms with Crippen LogP contribution >= 0.6 is 11.8 Å². The maximum absolute atomic E-state index is 12.2. The van der Waals surface area contributed by atoms with Crippen molar-refractivity contribution >= 4 is 23.5 Å². The van der Waals surface area contributed by atoms with E-state index >= 15 is 0 Å². The fourth-order valence-corrected chi connectivity index (χ4v) is 2.86. The lowest BCUT2D eigenvalue weighted by Gasteiger charge is -2.07. The zero-order chi connectivity index (χ0) is 16.8. The summed E-state index contributed by atoms with van der Waals surface area (Å²) in [5, 5.41) is 12.2. The van der Waals surface area contributed by atoms with Gasteiger partial charge in [-0.3, -0.25) is 9.78 Å². The summed E-state index contributed by atoms with van der Waals surface area (Å²) in [5.41, 5.74) is 1.65. The van der Waals surface area contributed by atoms with E-state index in [4.69, 9.17) is 0 Å². The minimum Gasteiger partial charge on any atom is -0.504 e. The fraction of sp³-hybridized carbons (Fsp3) is 0.0556. The number of anilines is 1. The third-order valence-corrected chi connectivity index (χ3v) is 4.35. The molecule has 0 saturated heterocycles. The number of amides is 1. The quantitative estimate of drug-likeness (QED) is 0.694. The molecule has 0 saturated carbocycles. The fourth-order valence-electron chi connectivity index (χ4n) is 2.03. The molecule has 5 nitrogen and oxygen atoms in total. The predicted molar refractivity (Wildman–Crippen MR) is 94.1 cm³/mol. The molecule has 3 rings (SSSR count). The molecule has 1 aromatic carbocycles. The van der Waals surface area contributed by atoms with Gasteiger partial charge < -0.3 is 10.4 Å². The Labute approximate surface area is 143 Å². The Balaban J connectivity index is 1.61. The molecule has 24 heavy (non-hydrogen) atoms. The van der Waals surface area contributed by atoms with E-state index < -0.39 is 0 Å². The molecule has 2 N–H and O–H groups in total. The highest BCUT2D eigenvalue weighted by Crippen LogP contribution is 2.23. The van der Waals surface area contributed by atoms with E-state index in [1.54, 1.807) is 36.2 Å². The zero-order valence-electron chi connectivity index (χ0n) is 12.7. The summed E-state index contributed by atoms with van der Waals surface area (Å²) in [6.45, 7) is 0. The highest BCUT2D eigenvalue weighted by molar-refractivity contribution is 7.98. The van der Waals surface area contributed by atoms with Crippen LogP contribution in [0.25, 0.3) is 0 Å². The van der Waals surface area contributed by atoms with Gasteiger partial charge in [0.2, 0.25) is 0 Å². The van der Waals surface area contributed by atoms with E-state index in [2.05, 4.69) is 15.3 Å². The lowest BCUT2D eigenvalue weighted by molar-refractivity contribution is 0.102. The second-order valence-electron chi connectivity index (χ2n) is 5.00. The molecular formula is C18H15N3O2S. The highest BCUT2D eigenvalue weighted by Gasteiger charge is 2.09. The van der Waals surface area contributed by atoms with E-state index in [0.29, 0.717) is 5.56 Å². The SMILES string of the molecule is O=C(Nc1ncccc1O)c1ccc(SCc2cccnc2)cc1. The first-order valence-electron chi connectivity index (χ1n) is 7.29. The molecule has 2 heterocycles. The number of pyridine rings is 2. The summed E-state index contributed by atoms with van der Waals surface area (Å²) in [6, 6.07) is 14.3. The summed E-state index contributed by atoms with van der Waals surface area (Å²) >= 11 is 1.68. The first-order valence-corrected chi connectivity index (χ1v) is 8.28. The number of aromatic hydroxyl groups is 1. The van der Waals surface area contributed by atoms with Gasteiger partial charge in [-0.05, 0) is 48.0 Å². The summed E-state index contributed by atoms with van der Waals surface area (Å²) in [4.78, 5) is 21.3. The van der Waals surface area contributed by atoms with Crippen molar-refractivity contribution in [3.8, 4) is 5.75 Å². The van der Waals surface area contributed by atoms with Gasteiger partial charge in [0.05, 0.1) is 0 Å². The molecule has 0 spiro atoms. The van der Waals surface area contributed by atoms with Crippen LogP contribution in [-0.4, -0.2) is 21.0 Å². The highest BCUT2D eigenvalue weighted by atomic mass is 32.2. The molecule has 120 valence electrons. The van der Waals surface area contributed by atoms with Crippen LogP contribution in [0.5, 0.6) is 5.75 Å². The molecule has 0 radical (unpaired) electrons. The Morgan fingerprint density at radius 3 is 2.58 bits per heavy atom. The molecule has 1 amide bonds. The second kappa shape index (κ2) is 7.61. The van der Waals surface area contributed by atoms with Gasteiger partial charge in [-0.2, -0.15) is 0 Å². The average molecular weight is 337 g/mol. The number of benzene rings is 1. The molecular weight excluding hydrogens is 322 g/mol. The van der Waals surface area contributed by atoms with Gasteiger partial charge in [-0.1, -0.05) is 6.07 Å². The van der Waals surface area contributed by atoms with Crippen LogP contribution in [0.15, 0.2) is 72.0 Å². The van der Waals surface area contributed by atoms with E-state index in [0.717, 1.165) is 16.2 Å². The lowest BCUT2D eigenvalue weighted by Crippen LogP contribution is -2.12. The molecule has 3 aromatic rings. The van der Waals surface area contributed by atoms with E-state index in [1.807, 2.05) is 30.5 Å². The summed E-state index contributed by atoms with van der Waals surface area (Å²) in [6.07, 6.45) is 5.10. The summed E-state index contributed by atoms with van der Waals surface area (Å²) < 4.78 is 0. The van der Waals surface area contributed by atoms with Crippen LogP contribution in [0.4, 0.5) is 5.82 Å². The monoisotopic (exact) mass is 337 g/mol. The molecule has 0 bridgehead atoms. The molecule has 0 aliphatic carbocycles. The van der Waals surface area contributed by atoms with Crippen LogP contribution in [-0.2, 0) is 5.75 Å². The topological polar surface area (TPSA) is 75.1 Å². The van der Waals surface area contributed by atoms with Gasteiger partial charge in [-0.15, -0.1) is 11.8 Å². The maximum Gasteiger partial charge on any atom is 0.256 e. The van der Waals surface area contributed by atoms with Crippen molar-refractivity contribution in [1.82, 2.24) is 9.97 Å². The van der Waals surface area contributed by atoms with Crippen LogP contribution in [0.3, 0.4) is 0 Å². The summed E-state index contributed by atoms with van der Waals surface area (Å²) in [7, 11) is 0. The lowest BCUT2D eigenvalue weighted by atomic mass is 10.2. The number of rotatable bonds is 5. The Hall–Kier alpha value is -2.86. The van der Waals surface area contributed by atoms with Crippen molar-refractivity contribution in [3.63, 3.8) is 0 Å². The van der Waals surface area contributed by atoms with Crippen molar-refractivity contribution in [3.05, 3.63) is 78.2 Å². The number of hydrogen-bond donors (Lipinski definition) is 2. The molecule has 6 heteroatoms. The number of nitrogens with one attached hydrogen (secondary N) is 1. The van der Waals surface area contributed by atoms with Gasteiger partial charge in [0.1, 0.15) is 0 Å². The van der Waals surface area contributed by atoms with Gasteiger partial charge in [0, 0.05) is 34.8 Å². The zero-order valence-corrected chi connectivity index (χ0v) is 13.5. The third-order valence-electron chi connectivity index (χ3n) is 3.26. The van der Waals surface area contributed by atoms with E-state index in [1.165, 1.54) is 12.3 Å². The molecule has 2 aromatic heterocycles. The number of hydrogen-bond acceptors (Lipinski definition) is 5. The predicted octanol–water partition coefficient (Wildman–Crippen LogP) is 3.73. The van der Waals surface area contributed by atoms with Crippen molar-refractivity contribution in [2.45, 2.75) is 10.6 Å². The minimum atomic E-state index is -0.312. The van der Waals surface area contributed by atoms with E-state index in [-0.39, 0.29) is 17.5 Å². The van der Waals surface area contributed by atoms with Gasteiger partial charge in [-0.25, -0.2) is 4.98 Å². The first-order chi connectivity index (χ1) is 11.7. The van der Waals surface area contributed by atoms with Crippen LogP contribution in [0.1, 0.15) is 15.9 Å². The molecule has 0 fully saturated rings. The largest absolute Gasteiger partial charge is 0.504 e. The number of thioether (sulfide) groups is 1. The van der Waals surface area contributed by atoms with Crippen LogP contribution in [0.2, 0.25) is 0 Å². The molecule has 0 aliphatic heterocycles. The van der Waals surface area contributed by atoms with Crippen LogP contribution < -0.4 is 5.32 Å². The maximum atomic E-state index is 12.2. The summed E-state index contributed by atoms with van der Waals surface area (Å²) in [5.74, 6) is 0.598. The Kier molecular flexibility index (Phi) is 5.08. The third kappa shape index (κ3) is 4.11. The van der Waals surface area contributed by atoms with Crippen molar-refractivity contribution in [2.24, 2.45) is 0 Å². The van der Waals surface area contributed by atoms with E-state index in [9.17, 15) is 9.90 Å². The normalized spacial score (nSPS) is 10.3. The van der Waals surface area contributed by atoms with Crippen molar-refractivity contribution in [2.75, 3.05) is 5.32 Å².